The molecule has 0 spiro atoms. The standard InChI is InChI=1S/C8H10BrN3/c9-6-4-11-8(10)7(12-6)5-2-1-3-5/h4-5H,1-3H2,(H2,10,11). The van der Waals surface area contributed by atoms with Crippen molar-refractivity contribution < 1.29 is 0 Å². The summed E-state index contributed by atoms with van der Waals surface area (Å²) in [6, 6.07) is 0. The van der Waals surface area contributed by atoms with Crippen LogP contribution in [-0.2, 0) is 0 Å². The normalized spacial score (nSPS) is 17.4. The fourth-order valence-electron chi connectivity index (χ4n) is 1.37. The smallest absolute Gasteiger partial charge is 0.145 e. The van der Waals surface area contributed by atoms with Crippen LogP contribution in [0.4, 0.5) is 5.82 Å². The van der Waals surface area contributed by atoms with Crippen LogP contribution in [-0.4, -0.2) is 9.97 Å². The zero-order valence-electron chi connectivity index (χ0n) is 6.63. The predicted molar refractivity (Wildman–Crippen MR) is 50.7 cm³/mol. The molecule has 64 valence electrons. The van der Waals surface area contributed by atoms with Crippen molar-refractivity contribution in [2.75, 3.05) is 5.73 Å². The van der Waals surface area contributed by atoms with Gasteiger partial charge in [-0.25, -0.2) is 9.97 Å². The number of anilines is 1. The van der Waals surface area contributed by atoms with Gasteiger partial charge in [0.05, 0.1) is 11.9 Å². The summed E-state index contributed by atoms with van der Waals surface area (Å²) < 4.78 is 0.776. The molecule has 0 amide bonds. The number of hydrogen-bond acceptors (Lipinski definition) is 3. The molecule has 2 N–H and O–H groups in total. The highest BCUT2D eigenvalue weighted by molar-refractivity contribution is 9.10. The summed E-state index contributed by atoms with van der Waals surface area (Å²) in [5.74, 6) is 1.14. The summed E-state index contributed by atoms with van der Waals surface area (Å²) in [4.78, 5) is 8.37. The molecule has 12 heavy (non-hydrogen) atoms. The van der Waals surface area contributed by atoms with Gasteiger partial charge in [0, 0.05) is 5.92 Å². The van der Waals surface area contributed by atoms with Gasteiger partial charge in [-0.05, 0) is 28.8 Å². The van der Waals surface area contributed by atoms with E-state index in [0.29, 0.717) is 11.7 Å². The van der Waals surface area contributed by atoms with E-state index in [4.69, 9.17) is 5.73 Å². The molecule has 0 aliphatic heterocycles. The van der Waals surface area contributed by atoms with Crippen LogP contribution in [0.15, 0.2) is 10.8 Å². The number of nitrogen functional groups attached to an aromatic ring is 1. The summed E-state index contributed by atoms with van der Waals surface area (Å²) >= 11 is 3.29. The monoisotopic (exact) mass is 227 g/mol. The van der Waals surface area contributed by atoms with Gasteiger partial charge in [0.2, 0.25) is 0 Å². The Morgan fingerprint density at radius 2 is 2.25 bits per heavy atom. The second kappa shape index (κ2) is 3.01. The molecule has 1 fully saturated rings. The Morgan fingerprint density at radius 1 is 1.50 bits per heavy atom. The number of rotatable bonds is 1. The number of halogens is 1. The van der Waals surface area contributed by atoms with Gasteiger partial charge in [-0.2, -0.15) is 0 Å². The minimum atomic E-state index is 0.551. The van der Waals surface area contributed by atoms with E-state index in [-0.39, 0.29) is 0 Å². The van der Waals surface area contributed by atoms with E-state index in [1.54, 1.807) is 6.20 Å². The zero-order valence-corrected chi connectivity index (χ0v) is 8.21. The molecule has 4 heteroatoms. The lowest BCUT2D eigenvalue weighted by atomic mass is 9.83. The average Bonchev–Trinajstić information content (AvgIpc) is 1.93. The quantitative estimate of drug-likeness (QED) is 0.800. The first-order valence-corrected chi connectivity index (χ1v) is 4.84. The lowest BCUT2D eigenvalue weighted by Gasteiger charge is -2.25. The SMILES string of the molecule is Nc1ncc(Br)nc1C1CCC1. The predicted octanol–water partition coefficient (Wildman–Crippen LogP) is 2.09. The van der Waals surface area contributed by atoms with Gasteiger partial charge in [0.1, 0.15) is 10.4 Å². The van der Waals surface area contributed by atoms with E-state index in [1.165, 1.54) is 19.3 Å². The molecule has 0 atom stereocenters. The van der Waals surface area contributed by atoms with Crippen LogP contribution in [0, 0.1) is 0 Å². The van der Waals surface area contributed by atoms with Gasteiger partial charge in [-0.15, -0.1) is 0 Å². The molecule has 0 aromatic carbocycles. The fraction of sp³-hybridized carbons (Fsp3) is 0.500. The van der Waals surface area contributed by atoms with Gasteiger partial charge < -0.3 is 5.73 Å². The summed E-state index contributed by atoms with van der Waals surface area (Å²) in [5.41, 5.74) is 6.67. The maximum atomic E-state index is 5.71. The lowest BCUT2D eigenvalue weighted by molar-refractivity contribution is 0.411. The Kier molecular flexibility index (Phi) is 2.00. The van der Waals surface area contributed by atoms with Crippen LogP contribution in [0.2, 0.25) is 0 Å². The second-order valence-corrected chi connectivity index (χ2v) is 3.90. The Morgan fingerprint density at radius 3 is 2.83 bits per heavy atom. The van der Waals surface area contributed by atoms with E-state index >= 15 is 0 Å². The van der Waals surface area contributed by atoms with E-state index in [2.05, 4.69) is 25.9 Å². The minimum Gasteiger partial charge on any atom is -0.382 e. The minimum absolute atomic E-state index is 0.551. The topological polar surface area (TPSA) is 51.8 Å². The number of nitrogens with two attached hydrogens (primary N) is 1. The van der Waals surface area contributed by atoms with Gasteiger partial charge in [-0.3, -0.25) is 0 Å². The molecule has 0 unspecified atom stereocenters. The molecule has 1 heterocycles. The Bertz CT molecular complexity index is 296. The molecule has 1 aliphatic carbocycles. The van der Waals surface area contributed by atoms with Gasteiger partial charge in [-0.1, -0.05) is 6.42 Å². The highest BCUT2D eigenvalue weighted by Crippen LogP contribution is 2.37. The van der Waals surface area contributed by atoms with Crippen molar-refractivity contribution in [1.29, 1.82) is 0 Å². The fourth-order valence-corrected chi connectivity index (χ4v) is 1.67. The summed E-state index contributed by atoms with van der Waals surface area (Å²) in [5, 5.41) is 0. The lowest BCUT2D eigenvalue weighted by Crippen LogP contribution is -2.14. The molecular formula is C8H10BrN3. The van der Waals surface area contributed by atoms with Crippen molar-refractivity contribution in [2.45, 2.75) is 25.2 Å². The van der Waals surface area contributed by atoms with Crippen LogP contribution in [0.5, 0.6) is 0 Å². The van der Waals surface area contributed by atoms with Gasteiger partial charge in [0.15, 0.2) is 0 Å². The molecule has 3 nitrogen and oxygen atoms in total. The zero-order chi connectivity index (χ0) is 8.55. The first-order valence-electron chi connectivity index (χ1n) is 4.05. The van der Waals surface area contributed by atoms with Crippen molar-refractivity contribution in [3.8, 4) is 0 Å². The van der Waals surface area contributed by atoms with Crippen molar-refractivity contribution in [3.63, 3.8) is 0 Å². The first kappa shape index (κ1) is 7.98. The maximum Gasteiger partial charge on any atom is 0.145 e. The number of aromatic nitrogens is 2. The average molecular weight is 228 g/mol. The Balaban J connectivity index is 2.34. The van der Waals surface area contributed by atoms with Crippen LogP contribution >= 0.6 is 15.9 Å². The van der Waals surface area contributed by atoms with E-state index in [9.17, 15) is 0 Å². The van der Waals surface area contributed by atoms with Gasteiger partial charge >= 0.3 is 0 Å². The molecule has 0 bridgehead atoms. The Hall–Kier alpha value is -0.640. The summed E-state index contributed by atoms with van der Waals surface area (Å²) in [6.45, 7) is 0. The molecular weight excluding hydrogens is 218 g/mol. The summed E-state index contributed by atoms with van der Waals surface area (Å²) in [6.07, 6.45) is 5.33. The molecule has 0 saturated heterocycles. The van der Waals surface area contributed by atoms with Crippen molar-refractivity contribution in [3.05, 3.63) is 16.5 Å². The van der Waals surface area contributed by atoms with Crippen molar-refractivity contribution >= 4 is 21.7 Å². The third kappa shape index (κ3) is 1.31. The summed E-state index contributed by atoms with van der Waals surface area (Å²) in [7, 11) is 0. The van der Waals surface area contributed by atoms with Crippen LogP contribution in [0.1, 0.15) is 30.9 Å². The highest BCUT2D eigenvalue weighted by Gasteiger charge is 2.23. The highest BCUT2D eigenvalue weighted by atomic mass is 79.9. The first-order chi connectivity index (χ1) is 5.77. The van der Waals surface area contributed by atoms with Crippen molar-refractivity contribution in [2.24, 2.45) is 0 Å². The molecule has 2 rings (SSSR count). The molecule has 1 aromatic heterocycles. The van der Waals surface area contributed by atoms with Crippen molar-refractivity contribution in [1.82, 2.24) is 9.97 Å². The van der Waals surface area contributed by atoms with E-state index in [1.807, 2.05) is 0 Å². The van der Waals surface area contributed by atoms with Crippen LogP contribution < -0.4 is 5.73 Å². The van der Waals surface area contributed by atoms with Crippen LogP contribution in [0.3, 0.4) is 0 Å². The Labute approximate surface area is 79.5 Å². The maximum absolute atomic E-state index is 5.71. The van der Waals surface area contributed by atoms with Gasteiger partial charge in [0.25, 0.3) is 0 Å². The molecule has 1 saturated carbocycles. The number of nitrogens with zero attached hydrogens (tertiary/aromatic N) is 2. The van der Waals surface area contributed by atoms with E-state index < -0.39 is 0 Å². The van der Waals surface area contributed by atoms with E-state index in [0.717, 1.165) is 10.3 Å². The molecule has 1 aliphatic rings. The molecule has 1 aromatic rings. The third-order valence-electron chi connectivity index (χ3n) is 2.29. The van der Waals surface area contributed by atoms with Crippen LogP contribution in [0.25, 0.3) is 0 Å². The largest absolute Gasteiger partial charge is 0.382 e. The second-order valence-electron chi connectivity index (χ2n) is 3.09. The third-order valence-corrected chi connectivity index (χ3v) is 2.67. The molecule has 0 radical (unpaired) electrons. The number of hydrogen-bond donors (Lipinski definition) is 1.